The van der Waals surface area contributed by atoms with Crippen LogP contribution >= 0.6 is 11.6 Å². The second kappa shape index (κ2) is 39.9. The number of amides is 9. The number of nitrogens with zero attached hydrogens (tertiary/aromatic N) is 1. The van der Waals surface area contributed by atoms with E-state index in [1.165, 1.54) is 6.92 Å². The lowest BCUT2D eigenvalue weighted by Gasteiger charge is -2.28. The normalized spacial score (nSPS) is 23.7. The standard InChI is InChI=1S/C53H85ClN14O17/c1-3-5-6-7-8-12-17-30(70)25-39(72)60-37-28-85-52(84)40(38(71)26-54)67-50(81)41(42(73)51(82)83)68-46(77)31(14-4-2)61-47(78)35(24-29-15-10-9-11-16-29)65-43(74)32(18-13-23-59-53(57)58)62-44(75)33(19-21-55)63-45(76)34(20-22-56)64-48(79)36(27-69)66-49(37)80/h9-11,14-16,30,32-38,40-42,69-71,73H,3-8,12-13,17-28,55-56H2,1-2H3,(H,60,72)(H,61,78)(H,62,75)(H,63,76)(H,64,79)(H,65,74)(H,66,80)(H,67,81)(H,68,77)(H,82,83)(H4,57,58,59)/b31-14-/t30-,32-,33+,34-,35-,36+,37-,38+,40-,41-,42-/m0/s1. The van der Waals surface area contributed by atoms with Gasteiger partial charge < -0.3 is 101 Å². The SMILES string of the molecule is CC/C=C1\NC(=O)[C@H](Cc2ccccc2)NC(=O)[C@H](CCCN=C(N)N)NC(=O)[C@@H](CCN)NC(=O)[C@H](CCN)NC(=O)[C@@H](CO)NC(=O)[C@@H](NC(=O)C[C@@H](O)CCCCCCCC)COC(=O)[C@H]([C@H](O)CCl)NC(=O)[C@H]([C@H](O)C(=O)O)NC1=O. The molecule has 1 aliphatic heterocycles. The number of ether oxygens (including phenoxy) is 1. The number of carbonyl (C=O) groups is 11. The summed E-state index contributed by atoms with van der Waals surface area (Å²) < 4.78 is 5.28. The lowest BCUT2D eigenvalue weighted by atomic mass is 10.0. The number of esters is 1. The number of rotatable bonds is 26. The fourth-order valence-electron chi connectivity index (χ4n) is 8.34. The number of cyclic esters (lactones) is 1. The number of carboxylic acid groups (broad SMARTS) is 1. The van der Waals surface area contributed by atoms with Crippen molar-refractivity contribution in [2.24, 2.45) is 27.9 Å². The Morgan fingerprint density at radius 2 is 1.26 bits per heavy atom. The van der Waals surface area contributed by atoms with Crippen molar-refractivity contribution >= 4 is 82.7 Å². The van der Waals surface area contributed by atoms with Crippen LogP contribution in [0.15, 0.2) is 47.1 Å². The Bertz CT molecular complexity index is 2440. The summed E-state index contributed by atoms with van der Waals surface area (Å²) in [6.45, 7) is 0.672. The van der Waals surface area contributed by atoms with Gasteiger partial charge in [0.25, 0.3) is 5.91 Å². The number of aliphatic carboxylic acids is 1. The lowest BCUT2D eigenvalue weighted by Crippen LogP contribution is -2.62. The third-order valence-corrected chi connectivity index (χ3v) is 13.3. The molecule has 0 saturated carbocycles. The monoisotopic (exact) mass is 1220 g/mol. The van der Waals surface area contributed by atoms with Crippen molar-refractivity contribution in [2.45, 2.75) is 170 Å². The first-order chi connectivity index (χ1) is 40.4. The predicted molar refractivity (Wildman–Crippen MR) is 306 cm³/mol. The summed E-state index contributed by atoms with van der Waals surface area (Å²) in [5.74, 6) is -15.6. The van der Waals surface area contributed by atoms with E-state index < -0.39 is 163 Å². The number of nitrogens with one attached hydrogen (secondary N) is 9. The molecule has 85 heavy (non-hydrogen) atoms. The summed E-state index contributed by atoms with van der Waals surface area (Å²) in [6, 6.07) is -6.91. The maximum absolute atomic E-state index is 14.4. The van der Waals surface area contributed by atoms with Gasteiger partial charge in [-0.2, -0.15) is 0 Å². The largest absolute Gasteiger partial charge is 0.479 e. The van der Waals surface area contributed by atoms with E-state index in [-0.39, 0.29) is 70.5 Å². The fourth-order valence-corrected chi connectivity index (χ4v) is 8.52. The summed E-state index contributed by atoms with van der Waals surface area (Å²) in [7, 11) is 0. The minimum atomic E-state index is -2.81. The number of hydrogen-bond acceptors (Lipinski definition) is 19. The third kappa shape index (κ3) is 26.9. The molecule has 0 aromatic heterocycles. The molecular weight excluding hydrogens is 1140 g/mol. The average Bonchev–Trinajstić information content (AvgIpc) is 3.59. The topological polar surface area (TPSA) is 523 Å². The number of carboxylic acids is 1. The van der Waals surface area contributed by atoms with E-state index in [1.807, 2.05) is 10.6 Å². The van der Waals surface area contributed by atoms with E-state index in [1.54, 1.807) is 30.3 Å². The number of allylic oxidation sites excluding steroid dienone is 1. The van der Waals surface area contributed by atoms with Crippen LogP contribution in [0.1, 0.15) is 103 Å². The summed E-state index contributed by atoms with van der Waals surface area (Å²) in [5.41, 5.74) is 22.5. The maximum Gasteiger partial charge on any atom is 0.335 e. The zero-order chi connectivity index (χ0) is 63.6. The molecular formula is C53H85ClN14O17. The van der Waals surface area contributed by atoms with E-state index in [0.717, 1.165) is 38.2 Å². The molecule has 0 radical (unpaired) electrons. The number of unbranched alkanes of at least 4 members (excludes halogenated alkanes) is 5. The fraction of sp³-hybridized carbons (Fsp3) is 0.623. The van der Waals surface area contributed by atoms with Gasteiger partial charge in [-0.25, -0.2) is 9.59 Å². The highest BCUT2D eigenvalue weighted by molar-refractivity contribution is 6.18. The molecule has 1 heterocycles. The minimum Gasteiger partial charge on any atom is -0.479 e. The van der Waals surface area contributed by atoms with Gasteiger partial charge in [-0.1, -0.05) is 88.8 Å². The van der Waals surface area contributed by atoms with Crippen LogP contribution in [0.2, 0.25) is 0 Å². The Labute approximate surface area is 496 Å². The second-order valence-electron chi connectivity index (χ2n) is 19.9. The van der Waals surface area contributed by atoms with Crippen LogP contribution in [0, 0.1) is 0 Å². The molecule has 0 aliphatic carbocycles. The van der Waals surface area contributed by atoms with Gasteiger partial charge >= 0.3 is 11.9 Å². The minimum absolute atomic E-state index is 0.0173. The number of alkyl halides is 1. The van der Waals surface area contributed by atoms with E-state index in [9.17, 15) is 78.3 Å². The molecule has 0 unspecified atom stereocenters. The summed E-state index contributed by atoms with van der Waals surface area (Å²) in [4.78, 5) is 156. The zero-order valence-electron chi connectivity index (χ0n) is 47.7. The van der Waals surface area contributed by atoms with Gasteiger partial charge in [-0.15, -0.1) is 11.6 Å². The average molecular weight is 1230 g/mol. The van der Waals surface area contributed by atoms with Crippen LogP contribution in [0.3, 0.4) is 0 Å². The second-order valence-corrected chi connectivity index (χ2v) is 20.2. The number of aliphatic imine (C=N–C) groups is 1. The van der Waals surface area contributed by atoms with E-state index in [2.05, 4.69) is 49.1 Å². The number of benzene rings is 1. The van der Waals surface area contributed by atoms with Crippen LogP contribution in [0.4, 0.5) is 0 Å². The number of aliphatic hydroxyl groups is 4. The molecule has 9 amide bonds. The van der Waals surface area contributed by atoms with Crippen LogP contribution < -0.4 is 70.8 Å². The smallest absolute Gasteiger partial charge is 0.335 e. The summed E-state index contributed by atoms with van der Waals surface area (Å²) in [5, 5.41) is 73.4. The van der Waals surface area contributed by atoms with Crippen molar-refractivity contribution < 1.29 is 83.0 Å². The van der Waals surface area contributed by atoms with Crippen LogP contribution in [0.5, 0.6) is 0 Å². The molecule has 1 aliphatic rings. The van der Waals surface area contributed by atoms with Crippen LogP contribution in [-0.4, -0.2) is 202 Å². The van der Waals surface area contributed by atoms with E-state index >= 15 is 0 Å². The van der Waals surface area contributed by atoms with Crippen molar-refractivity contribution in [1.82, 2.24) is 47.9 Å². The number of nitrogens with two attached hydrogens (primary N) is 4. The zero-order valence-corrected chi connectivity index (χ0v) is 48.5. The number of aliphatic hydroxyl groups excluding tert-OH is 4. The van der Waals surface area contributed by atoms with Gasteiger partial charge in [-0.05, 0) is 57.2 Å². The quantitative estimate of drug-likeness (QED) is 0.0103. The van der Waals surface area contributed by atoms with Crippen molar-refractivity contribution in [3.05, 3.63) is 47.7 Å². The number of hydrogen-bond donors (Lipinski definition) is 18. The molecule has 1 fully saturated rings. The molecule has 32 heteroatoms. The molecule has 1 aromatic rings. The number of halogens is 1. The molecule has 1 aromatic carbocycles. The Hall–Kier alpha value is -7.55. The lowest BCUT2D eigenvalue weighted by molar-refractivity contribution is -0.155. The highest BCUT2D eigenvalue weighted by Crippen LogP contribution is 2.13. The van der Waals surface area contributed by atoms with Crippen molar-refractivity contribution in [1.29, 1.82) is 0 Å². The van der Waals surface area contributed by atoms with Gasteiger partial charge in [0.2, 0.25) is 47.3 Å². The third-order valence-electron chi connectivity index (χ3n) is 13.0. The van der Waals surface area contributed by atoms with Crippen molar-refractivity contribution in [2.75, 3.05) is 38.7 Å². The van der Waals surface area contributed by atoms with Gasteiger partial charge in [0.15, 0.2) is 18.1 Å². The molecule has 2 rings (SSSR count). The highest BCUT2D eigenvalue weighted by atomic mass is 35.5. The van der Waals surface area contributed by atoms with Crippen LogP contribution in [-0.2, 0) is 63.9 Å². The maximum atomic E-state index is 14.4. The summed E-state index contributed by atoms with van der Waals surface area (Å²) >= 11 is 5.89. The molecule has 1 saturated heterocycles. The Morgan fingerprint density at radius 1 is 0.706 bits per heavy atom. The Kier molecular flexibility index (Phi) is 34.5. The first-order valence-corrected chi connectivity index (χ1v) is 28.5. The van der Waals surface area contributed by atoms with Gasteiger partial charge in [0, 0.05) is 13.0 Å². The predicted octanol–water partition coefficient (Wildman–Crippen LogP) is -5.64. The molecule has 31 nitrogen and oxygen atoms in total. The Balaban J connectivity index is 2.85. The highest BCUT2D eigenvalue weighted by Gasteiger charge is 2.40. The van der Waals surface area contributed by atoms with Gasteiger partial charge in [0.05, 0.1) is 31.1 Å². The van der Waals surface area contributed by atoms with E-state index in [0.29, 0.717) is 12.0 Å². The molecule has 476 valence electrons. The van der Waals surface area contributed by atoms with E-state index in [4.69, 9.17) is 39.3 Å². The molecule has 11 atom stereocenters. The van der Waals surface area contributed by atoms with Gasteiger partial charge in [0.1, 0.15) is 54.6 Å². The number of carbonyl (C=O) groups excluding carboxylic acids is 10. The first kappa shape index (κ1) is 73.6. The Morgan fingerprint density at radius 3 is 1.80 bits per heavy atom. The summed E-state index contributed by atoms with van der Waals surface area (Å²) in [6.07, 6.45) is -1.24. The van der Waals surface area contributed by atoms with Crippen molar-refractivity contribution in [3.8, 4) is 0 Å². The van der Waals surface area contributed by atoms with Crippen molar-refractivity contribution in [3.63, 3.8) is 0 Å². The molecule has 22 N–H and O–H groups in total. The van der Waals surface area contributed by atoms with Crippen LogP contribution in [0.25, 0.3) is 0 Å². The molecule has 0 bridgehead atoms. The van der Waals surface area contributed by atoms with Gasteiger partial charge in [-0.3, -0.25) is 48.1 Å². The first-order valence-electron chi connectivity index (χ1n) is 28.0. The number of guanidine groups is 1. The molecule has 0 spiro atoms.